The maximum absolute atomic E-state index is 3.34. The summed E-state index contributed by atoms with van der Waals surface area (Å²) in [6.45, 7) is 10.8. The molecule has 0 spiro atoms. The summed E-state index contributed by atoms with van der Waals surface area (Å²) in [7, 11) is 2.07. The van der Waals surface area contributed by atoms with Crippen LogP contribution in [0.4, 0.5) is 0 Å². The van der Waals surface area contributed by atoms with Crippen LogP contribution in [-0.2, 0) is 0 Å². The molecule has 1 saturated heterocycles. The van der Waals surface area contributed by atoms with Crippen LogP contribution in [0.3, 0.4) is 0 Å². The van der Waals surface area contributed by atoms with Crippen molar-refractivity contribution in [2.75, 3.05) is 26.7 Å². The number of rotatable bonds is 6. The molecule has 0 bridgehead atoms. The zero-order valence-electron chi connectivity index (χ0n) is 11.6. The van der Waals surface area contributed by atoms with Gasteiger partial charge in [-0.2, -0.15) is 0 Å². The maximum atomic E-state index is 3.34. The van der Waals surface area contributed by atoms with Crippen LogP contribution in [0.25, 0.3) is 0 Å². The summed E-state index contributed by atoms with van der Waals surface area (Å²) in [5, 5.41) is 3.34. The normalized spacial score (nSPS) is 21.6. The van der Waals surface area contributed by atoms with E-state index in [0.717, 1.165) is 24.4 Å². The molecule has 1 aliphatic heterocycles. The van der Waals surface area contributed by atoms with Crippen molar-refractivity contribution in [1.82, 2.24) is 10.2 Å². The molecule has 0 aromatic rings. The van der Waals surface area contributed by atoms with Gasteiger partial charge in [-0.3, -0.25) is 4.90 Å². The first kappa shape index (κ1) is 14.0. The molecule has 1 aliphatic rings. The Balaban J connectivity index is 2.37. The van der Waals surface area contributed by atoms with Crippen molar-refractivity contribution in [3.05, 3.63) is 0 Å². The molecule has 2 heteroatoms. The lowest BCUT2D eigenvalue weighted by Crippen LogP contribution is -2.46. The predicted molar refractivity (Wildman–Crippen MR) is 71.8 cm³/mol. The van der Waals surface area contributed by atoms with Crippen LogP contribution in [0.1, 0.15) is 46.5 Å². The van der Waals surface area contributed by atoms with Gasteiger partial charge in [-0.1, -0.05) is 27.2 Å². The van der Waals surface area contributed by atoms with Crippen molar-refractivity contribution >= 4 is 0 Å². The van der Waals surface area contributed by atoms with E-state index in [1.54, 1.807) is 0 Å². The predicted octanol–water partition coefficient (Wildman–Crippen LogP) is 2.74. The molecule has 1 rings (SSSR count). The van der Waals surface area contributed by atoms with E-state index in [4.69, 9.17) is 0 Å². The number of likely N-dealkylation sites (tertiary alicyclic amines) is 1. The van der Waals surface area contributed by atoms with Gasteiger partial charge < -0.3 is 5.32 Å². The van der Waals surface area contributed by atoms with Crippen molar-refractivity contribution in [2.24, 2.45) is 11.8 Å². The summed E-state index contributed by atoms with van der Waals surface area (Å²) in [4.78, 5) is 2.71. The molecule has 96 valence electrons. The molecule has 1 heterocycles. The largest absolute Gasteiger partial charge is 0.318 e. The smallest absolute Gasteiger partial charge is 0.0220 e. The minimum atomic E-state index is 0.767. The highest BCUT2D eigenvalue weighted by molar-refractivity contribution is 4.80. The van der Waals surface area contributed by atoms with Crippen LogP contribution in [0, 0.1) is 11.8 Å². The van der Waals surface area contributed by atoms with E-state index in [-0.39, 0.29) is 0 Å². The monoisotopic (exact) mass is 226 g/mol. The summed E-state index contributed by atoms with van der Waals surface area (Å²) in [6.07, 6.45) is 5.45. The Morgan fingerprint density at radius 1 is 1.25 bits per heavy atom. The average molecular weight is 226 g/mol. The highest BCUT2D eigenvalue weighted by Crippen LogP contribution is 2.26. The fourth-order valence-corrected chi connectivity index (χ4v) is 2.93. The second-order valence-corrected chi connectivity index (χ2v) is 5.62. The zero-order valence-corrected chi connectivity index (χ0v) is 11.6. The molecule has 0 aromatic carbocycles. The molecular weight excluding hydrogens is 196 g/mol. The van der Waals surface area contributed by atoms with Crippen molar-refractivity contribution < 1.29 is 0 Å². The molecular formula is C14H30N2. The highest BCUT2D eigenvalue weighted by Gasteiger charge is 2.25. The van der Waals surface area contributed by atoms with Gasteiger partial charge >= 0.3 is 0 Å². The van der Waals surface area contributed by atoms with E-state index >= 15 is 0 Å². The number of hydrogen-bond acceptors (Lipinski definition) is 2. The fraction of sp³-hybridized carbons (Fsp3) is 1.00. The molecule has 0 amide bonds. The lowest BCUT2D eigenvalue weighted by Gasteiger charge is -2.38. The molecule has 1 atom stereocenters. The second kappa shape index (κ2) is 7.29. The molecule has 1 N–H and O–H groups in total. The third kappa shape index (κ3) is 4.06. The minimum Gasteiger partial charge on any atom is -0.318 e. The third-order valence-electron chi connectivity index (χ3n) is 4.10. The van der Waals surface area contributed by atoms with Crippen molar-refractivity contribution in [3.8, 4) is 0 Å². The van der Waals surface area contributed by atoms with Gasteiger partial charge in [-0.25, -0.2) is 0 Å². The van der Waals surface area contributed by atoms with Gasteiger partial charge in [-0.05, 0) is 51.2 Å². The number of likely N-dealkylation sites (N-methyl/N-ethyl adjacent to an activating group) is 1. The Hall–Kier alpha value is -0.0800. The van der Waals surface area contributed by atoms with E-state index in [2.05, 4.69) is 38.0 Å². The first-order valence-electron chi connectivity index (χ1n) is 7.07. The lowest BCUT2D eigenvalue weighted by atomic mass is 9.86. The molecule has 1 fully saturated rings. The Kier molecular flexibility index (Phi) is 6.37. The first-order chi connectivity index (χ1) is 7.69. The Morgan fingerprint density at radius 2 is 1.88 bits per heavy atom. The number of nitrogens with zero attached hydrogens (tertiary/aromatic N) is 1. The van der Waals surface area contributed by atoms with Crippen molar-refractivity contribution in [3.63, 3.8) is 0 Å². The zero-order chi connectivity index (χ0) is 12.0. The fourth-order valence-electron chi connectivity index (χ4n) is 2.93. The summed E-state index contributed by atoms with van der Waals surface area (Å²) in [6, 6.07) is 0.767. The molecule has 2 nitrogen and oxygen atoms in total. The second-order valence-electron chi connectivity index (χ2n) is 5.62. The van der Waals surface area contributed by atoms with Gasteiger partial charge in [-0.15, -0.1) is 0 Å². The van der Waals surface area contributed by atoms with Crippen molar-refractivity contribution in [2.45, 2.75) is 52.5 Å². The van der Waals surface area contributed by atoms with Gasteiger partial charge in [0.05, 0.1) is 0 Å². The molecule has 16 heavy (non-hydrogen) atoms. The molecule has 0 saturated carbocycles. The standard InChI is InChI=1S/C14H30N2/c1-5-6-14(11-15-4)16-9-7-13(8-10-16)12(2)3/h12-15H,5-11H2,1-4H3. The average Bonchev–Trinajstić information content (AvgIpc) is 2.29. The third-order valence-corrected chi connectivity index (χ3v) is 4.10. The Labute approximate surface area is 102 Å². The molecule has 0 aliphatic carbocycles. The molecule has 1 unspecified atom stereocenters. The van der Waals surface area contributed by atoms with Crippen LogP contribution in [0.2, 0.25) is 0 Å². The summed E-state index contributed by atoms with van der Waals surface area (Å²) in [5.74, 6) is 1.84. The number of hydrogen-bond donors (Lipinski definition) is 1. The quantitative estimate of drug-likeness (QED) is 0.749. The van der Waals surface area contributed by atoms with E-state index in [1.807, 2.05) is 0 Å². The summed E-state index contributed by atoms with van der Waals surface area (Å²) in [5.41, 5.74) is 0. The molecule has 0 radical (unpaired) electrons. The van der Waals surface area contributed by atoms with E-state index < -0.39 is 0 Å². The van der Waals surface area contributed by atoms with Crippen LogP contribution in [0.5, 0.6) is 0 Å². The van der Waals surface area contributed by atoms with Gasteiger partial charge in [0, 0.05) is 12.6 Å². The van der Waals surface area contributed by atoms with Crippen LogP contribution in [0.15, 0.2) is 0 Å². The van der Waals surface area contributed by atoms with E-state index in [0.29, 0.717) is 0 Å². The summed E-state index contributed by atoms with van der Waals surface area (Å²) < 4.78 is 0. The van der Waals surface area contributed by atoms with Gasteiger partial charge in [0.25, 0.3) is 0 Å². The topological polar surface area (TPSA) is 15.3 Å². The summed E-state index contributed by atoms with van der Waals surface area (Å²) >= 11 is 0. The minimum absolute atomic E-state index is 0.767. The molecule has 0 aromatic heterocycles. The van der Waals surface area contributed by atoms with Crippen LogP contribution < -0.4 is 5.32 Å². The van der Waals surface area contributed by atoms with Gasteiger partial charge in [0.2, 0.25) is 0 Å². The van der Waals surface area contributed by atoms with Crippen LogP contribution >= 0.6 is 0 Å². The van der Waals surface area contributed by atoms with Crippen molar-refractivity contribution in [1.29, 1.82) is 0 Å². The van der Waals surface area contributed by atoms with Gasteiger partial charge in [0.15, 0.2) is 0 Å². The van der Waals surface area contributed by atoms with Gasteiger partial charge in [0.1, 0.15) is 0 Å². The SMILES string of the molecule is CCCC(CNC)N1CCC(C(C)C)CC1. The maximum Gasteiger partial charge on any atom is 0.0220 e. The number of nitrogens with one attached hydrogen (secondary N) is 1. The van der Waals surface area contributed by atoms with E-state index in [9.17, 15) is 0 Å². The number of piperidine rings is 1. The van der Waals surface area contributed by atoms with Crippen LogP contribution in [-0.4, -0.2) is 37.6 Å². The Bertz CT molecular complexity index is 166. The van der Waals surface area contributed by atoms with E-state index in [1.165, 1.54) is 38.8 Å². The first-order valence-corrected chi connectivity index (χ1v) is 7.07. The Morgan fingerprint density at radius 3 is 2.31 bits per heavy atom. The highest BCUT2D eigenvalue weighted by atomic mass is 15.2. The lowest BCUT2D eigenvalue weighted by molar-refractivity contribution is 0.109.